The summed E-state index contributed by atoms with van der Waals surface area (Å²) in [6, 6.07) is 4.96. The van der Waals surface area contributed by atoms with E-state index < -0.39 is 17.9 Å². The Labute approximate surface area is 180 Å². The van der Waals surface area contributed by atoms with Gasteiger partial charge in [0.1, 0.15) is 6.04 Å². The van der Waals surface area contributed by atoms with Gasteiger partial charge in [0.2, 0.25) is 17.7 Å². The molecular weight excluding hydrogens is 402 g/mol. The van der Waals surface area contributed by atoms with Crippen LogP contribution >= 0.6 is 0 Å². The number of hydrogen-bond acceptors (Lipinski definition) is 5. The zero-order valence-corrected chi connectivity index (χ0v) is 17.3. The number of carboxylic acids is 1. The number of benzene rings is 1. The Morgan fingerprint density at radius 2 is 1.94 bits per heavy atom. The molecule has 1 unspecified atom stereocenters. The van der Waals surface area contributed by atoms with E-state index in [1.807, 2.05) is 12.1 Å². The highest BCUT2D eigenvalue weighted by molar-refractivity contribution is 6.05. The number of aliphatic carboxylic acids is 1. The number of aryl methyl sites for hydroxylation is 1. The largest absolute Gasteiger partial charge is 0.481 e. The number of piperidine rings is 1. The molecule has 1 atom stereocenters. The molecule has 0 aliphatic carbocycles. The van der Waals surface area contributed by atoms with E-state index in [0.717, 1.165) is 30.4 Å². The number of amides is 4. The van der Waals surface area contributed by atoms with E-state index in [4.69, 9.17) is 5.11 Å². The van der Waals surface area contributed by atoms with E-state index >= 15 is 0 Å². The van der Waals surface area contributed by atoms with Crippen LogP contribution in [0.25, 0.3) is 0 Å². The highest BCUT2D eigenvalue weighted by atomic mass is 16.4. The molecular formula is C22H27N3O6. The average molecular weight is 429 g/mol. The number of imide groups is 1. The number of unbranched alkanes of at least 4 members (excludes halogenated alkanes) is 1. The molecule has 0 aromatic heterocycles. The molecule has 0 saturated carbocycles. The van der Waals surface area contributed by atoms with Gasteiger partial charge in [-0.05, 0) is 49.3 Å². The normalized spacial score (nSPS) is 18.0. The molecule has 1 saturated heterocycles. The van der Waals surface area contributed by atoms with Crippen molar-refractivity contribution < 1.29 is 29.1 Å². The smallest absolute Gasteiger partial charge is 0.303 e. The zero-order valence-electron chi connectivity index (χ0n) is 17.3. The number of carbonyl (C=O) groups is 5. The van der Waals surface area contributed by atoms with Crippen LogP contribution in [0.3, 0.4) is 0 Å². The number of hydrogen-bond donors (Lipinski definition) is 3. The molecule has 2 heterocycles. The maximum Gasteiger partial charge on any atom is 0.303 e. The highest BCUT2D eigenvalue weighted by Gasteiger charge is 2.39. The molecule has 0 radical (unpaired) electrons. The predicted octanol–water partition coefficient (Wildman–Crippen LogP) is 1.14. The van der Waals surface area contributed by atoms with Crippen LogP contribution in [-0.4, -0.2) is 52.2 Å². The van der Waals surface area contributed by atoms with Crippen LogP contribution in [0, 0.1) is 0 Å². The summed E-state index contributed by atoms with van der Waals surface area (Å²) in [6.45, 7) is 0.874. The Hall–Kier alpha value is -3.23. The number of carbonyl (C=O) groups excluding carboxylic acids is 4. The van der Waals surface area contributed by atoms with Gasteiger partial charge < -0.3 is 15.3 Å². The summed E-state index contributed by atoms with van der Waals surface area (Å²) < 4.78 is 0. The third-order valence-corrected chi connectivity index (χ3v) is 5.67. The van der Waals surface area contributed by atoms with Crippen LogP contribution in [0.2, 0.25) is 0 Å². The van der Waals surface area contributed by atoms with Crippen molar-refractivity contribution in [1.29, 1.82) is 0 Å². The molecule has 166 valence electrons. The maximum absolute atomic E-state index is 12.8. The average Bonchev–Trinajstić information content (AvgIpc) is 3.05. The Morgan fingerprint density at radius 3 is 2.68 bits per heavy atom. The van der Waals surface area contributed by atoms with Crippen molar-refractivity contribution in [1.82, 2.24) is 15.5 Å². The van der Waals surface area contributed by atoms with Gasteiger partial charge in [0, 0.05) is 37.9 Å². The summed E-state index contributed by atoms with van der Waals surface area (Å²) in [5, 5.41) is 13.7. The molecule has 9 nitrogen and oxygen atoms in total. The van der Waals surface area contributed by atoms with Crippen LogP contribution < -0.4 is 10.6 Å². The first-order valence-corrected chi connectivity index (χ1v) is 10.6. The van der Waals surface area contributed by atoms with Crippen molar-refractivity contribution in [2.24, 2.45) is 0 Å². The van der Waals surface area contributed by atoms with Gasteiger partial charge in [0.15, 0.2) is 0 Å². The minimum Gasteiger partial charge on any atom is -0.481 e. The Morgan fingerprint density at radius 1 is 1.13 bits per heavy atom. The van der Waals surface area contributed by atoms with Crippen LogP contribution in [-0.2, 0) is 32.1 Å². The number of nitrogens with one attached hydrogen (secondary N) is 2. The fourth-order valence-corrected chi connectivity index (χ4v) is 4.04. The maximum atomic E-state index is 12.8. The summed E-state index contributed by atoms with van der Waals surface area (Å²) in [4.78, 5) is 60.1. The number of rotatable bonds is 10. The second-order valence-corrected chi connectivity index (χ2v) is 7.90. The Balaban J connectivity index is 1.48. The molecule has 1 fully saturated rings. The number of fused-ring (bicyclic) bond motifs is 1. The summed E-state index contributed by atoms with van der Waals surface area (Å²) in [7, 11) is 0. The number of carboxylic acid groups (broad SMARTS) is 1. The number of nitrogens with zero attached hydrogens (tertiary/aromatic N) is 1. The lowest BCUT2D eigenvalue weighted by Gasteiger charge is -2.29. The standard InChI is InChI=1S/C22H27N3O6/c26-18(8-4-9-20(28)29)23-12-2-1-5-14-6-3-7-15-16(14)13-25(22(15)31)17-10-11-19(27)24-21(17)30/h3,6-7,17H,1-2,4-5,8-13H2,(H,23,26)(H,28,29)(H,24,27,30). The first-order chi connectivity index (χ1) is 14.9. The Kier molecular flexibility index (Phi) is 7.38. The lowest BCUT2D eigenvalue weighted by molar-refractivity contribution is -0.138. The quantitative estimate of drug-likeness (QED) is 0.377. The van der Waals surface area contributed by atoms with Gasteiger partial charge in [-0.3, -0.25) is 29.3 Å². The SMILES string of the molecule is O=C(O)CCCC(=O)NCCCCc1cccc2c1CN(C1CCC(=O)NC1=O)C2=O. The van der Waals surface area contributed by atoms with Gasteiger partial charge in [0.05, 0.1) is 0 Å². The molecule has 9 heteroatoms. The van der Waals surface area contributed by atoms with Crippen molar-refractivity contribution in [3.05, 3.63) is 34.9 Å². The van der Waals surface area contributed by atoms with Gasteiger partial charge in [-0.15, -0.1) is 0 Å². The second kappa shape index (κ2) is 10.2. The summed E-state index contributed by atoms with van der Waals surface area (Å²) in [5.41, 5.74) is 2.58. The first-order valence-electron chi connectivity index (χ1n) is 10.6. The van der Waals surface area contributed by atoms with Crippen LogP contribution in [0.15, 0.2) is 18.2 Å². The highest BCUT2D eigenvalue weighted by Crippen LogP contribution is 2.30. The van der Waals surface area contributed by atoms with Crippen LogP contribution in [0.4, 0.5) is 0 Å². The van der Waals surface area contributed by atoms with E-state index in [2.05, 4.69) is 10.6 Å². The monoisotopic (exact) mass is 429 g/mol. The summed E-state index contributed by atoms with van der Waals surface area (Å²) >= 11 is 0. The van der Waals surface area contributed by atoms with Crippen molar-refractivity contribution in [2.75, 3.05) is 6.54 Å². The fourth-order valence-electron chi connectivity index (χ4n) is 4.04. The fraction of sp³-hybridized carbons (Fsp3) is 0.500. The van der Waals surface area contributed by atoms with Gasteiger partial charge in [-0.2, -0.15) is 0 Å². The minimum atomic E-state index is -0.905. The molecule has 3 N–H and O–H groups in total. The van der Waals surface area contributed by atoms with Crippen LogP contribution in [0.1, 0.15) is 66.4 Å². The molecule has 3 rings (SSSR count). The van der Waals surface area contributed by atoms with Crippen molar-refractivity contribution in [3.63, 3.8) is 0 Å². The van der Waals surface area contributed by atoms with Crippen molar-refractivity contribution >= 4 is 29.6 Å². The molecule has 1 aromatic rings. The van der Waals surface area contributed by atoms with Gasteiger partial charge >= 0.3 is 5.97 Å². The molecule has 2 aliphatic heterocycles. The predicted molar refractivity (Wildman–Crippen MR) is 110 cm³/mol. The lowest BCUT2D eigenvalue weighted by atomic mass is 9.99. The van der Waals surface area contributed by atoms with Gasteiger partial charge in [-0.25, -0.2) is 0 Å². The topological polar surface area (TPSA) is 133 Å². The van der Waals surface area contributed by atoms with E-state index in [9.17, 15) is 24.0 Å². The second-order valence-electron chi connectivity index (χ2n) is 7.90. The summed E-state index contributed by atoms with van der Waals surface area (Å²) in [5.74, 6) is -1.96. The first kappa shape index (κ1) is 22.5. The Bertz CT molecular complexity index is 897. The lowest BCUT2D eigenvalue weighted by Crippen LogP contribution is -2.52. The molecule has 1 aromatic carbocycles. The van der Waals surface area contributed by atoms with E-state index in [1.54, 1.807) is 11.0 Å². The van der Waals surface area contributed by atoms with E-state index in [1.165, 1.54) is 0 Å². The van der Waals surface area contributed by atoms with Crippen molar-refractivity contribution in [3.8, 4) is 0 Å². The molecule has 4 amide bonds. The molecule has 31 heavy (non-hydrogen) atoms. The molecule has 0 spiro atoms. The summed E-state index contributed by atoms with van der Waals surface area (Å²) in [6.07, 6.45) is 3.41. The minimum absolute atomic E-state index is 0.0128. The van der Waals surface area contributed by atoms with Gasteiger partial charge in [-0.1, -0.05) is 12.1 Å². The van der Waals surface area contributed by atoms with E-state index in [0.29, 0.717) is 31.5 Å². The van der Waals surface area contributed by atoms with Crippen LogP contribution in [0.5, 0.6) is 0 Å². The van der Waals surface area contributed by atoms with Crippen molar-refractivity contribution in [2.45, 2.75) is 64.0 Å². The van der Waals surface area contributed by atoms with E-state index in [-0.39, 0.29) is 37.0 Å². The zero-order chi connectivity index (χ0) is 22.4. The third kappa shape index (κ3) is 5.68. The van der Waals surface area contributed by atoms with Gasteiger partial charge in [0.25, 0.3) is 5.91 Å². The third-order valence-electron chi connectivity index (χ3n) is 5.67. The molecule has 2 aliphatic rings. The molecule has 0 bridgehead atoms.